The normalized spacial score (nSPS) is 17.5. The van der Waals surface area contributed by atoms with Gasteiger partial charge in [-0.2, -0.15) is 0 Å². The van der Waals surface area contributed by atoms with Gasteiger partial charge in [0.2, 0.25) is 0 Å². The molecule has 1 N–H and O–H groups in total. The molecule has 1 unspecified atom stereocenters. The van der Waals surface area contributed by atoms with Crippen LogP contribution < -0.4 is 4.90 Å². The number of aryl methyl sites for hydroxylation is 2. The molecule has 1 atom stereocenters. The summed E-state index contributed by atoms with van der Waals surface area (Å²) in [6.45, 7) is 10.3. The lowest BCUT2D eigenvalue weighted by Gasteiger charge is -2.27. The summed E-state index contributed by atoms with van der Waals surface area (Å²) in [4.78, 5) is 28.9. The highest BCUT2D eigenvalue weighted by molar-refractivity contribution is 6.52. The zero-order valence-electron chi connectivity index (χ0n) is 21.9. The van der Waals surface area contributed by atoms with Crippen molar-refractivity contribution in [3.63, 3.8) is 0 Å². The Bertz CT molecular complexity index is 1570. The van der Waals surface area contributed by atoms with Crippen molar-refractivity contribution in [2.45, 2.75) is 46.1 Å². The number of amides is 1. The minimum atomic E-state index is -0.764. The van der Waals surface area contributed by atoms with Gasteiger partial charge < -0.3 is 5.11 Å². The molecular formula is C33H31NO3. The number of rotatable bonds is 3. The average molecular weight is 490 g/mol. The van der Waals surface area contributed by atoms with Crippen LogP contribution in [0.2, 0.25) is 0 Å². The van der Waals surface area contributed by atoms with E-state index in [9.17, 15) is 14.7 Å². The van der Waals surface area contributed by atoms with Gasteiger partial charge in [0.05, 0.1) is 17.3 Å². The van der Waals surface area contributed by atoms with Gasteiger partial charge >= 0.3 is 0 Å². The Balaban J connectivity index is 1.78. The maximum Gasteiger partial charge on any atom is 0.300 e. The molecule has 1 amide bonds. The molecule has 0 aliphatic carbocycles. The summed E-state index contributed by atoms with van der Waals surface area (Å²) in [7, 11) is 0. The predicted octanol–water partition coefficient (Wildman–Crippen LogP) is 7.38. The van der Waals surface area contributed by atoms with Gasteiger partial charge in [0, 0.05) is 10.9 Å². The van der Waals surface area contributed by atoms with E-state index in [4.69, 9.17) is 0 Å². The first-order valence-corrected chi connectivity index (χ1v) is 12.5. The first kappa shape index (κ1) is 24.5. The van der Waals surface area contributed by atoms with Gasteiger partial charge in [-0.25, -0.2) is 0 Å². The Labute approximate surface area is 217 Å². The fraction of sp³-hybridized carbons (Fsp3) is 0.212. The van der Waals surface area contributed by atoms with Crippen LogP contribution >= 0.6 is 0 Å². The van der Waals surface area contributed by atoms with E-state index in [1.165, 1.54) is 0 Å². The Morgan fingerprint density at radius 2 is 1.51 bits per heavy atom. The molecule has 1 saturated heterocycles. The van der Waals surface area contributed by atoms with Crippen LogP contribution in [-0.2, 0) is 15.0 Å². The number of fused-ring (bicyclic) bond motifs is 1. The predicted molar refractivity (Wildman–Crippen MR) is 150 cm³/mol. The van der Waals surface area contributed by atoms with Gasteiger partial charge in [-0.3, -0.25) is 14.5 Å². The zero-order chi connectivity index (χ0) is 26.5. The van der Waals surface area contributed by atoms with Crippen molar-refractivity contribution in [3.8, 4) is 0 Å². The summed E-state index contributed by atoms with van der Waals surface area (Å²) in [5, 5.41) is 13.4. The molecule has 0 radical (unpaired) electrons. The molecule has 1 aliphatic rings. The number of hydrogen-bond acceptors (Lipinski definition) is 3. The van der Waals surface area contributed by atoms with Crippen LogP contribution in [0.4, 0.5) is 5.69 Å². The molecule has 1 aliphatic heterocycles. The summed E-state index contributed by atoms with van der Waals surface area (Å²) >= 11 is 0. The fourth-order valence-corrected chi connectivity index (χ4v) is 5.12. The van der Waals surface area contributed by atoms with Crippen molar-refractivity contribution in [3.05, 3.63) is 118 Å². The monoisotopic (exact) mass is 489 g/mol. The topological polar surface area (TPSA) is 57.6 Å². The van der Waals surface area contributed by atoms with Crippen LogP contribution in [0.15, 0.2) is 90.5 Å². The van der Waals surface area contributed by atoms with Gasteiger partial charge in [0.15, 0.2) is 0 Å². The van der Waals surface area contributed by atoms with E-state index < -0.39 is 17.7 Å². The Kier molecular flexibility index (Phi) is 5.99. The lowest BCUT2D eigenvalue weighted by Crippen LogP contribution is -2.29. The van der Waals surface area contributed by atoms with Crippen molar-refractivity contribution >= 4 is 33.9 Å². The third-order valence-corrected chi connectivity index (χ3v) is 7.21. The van der Waals surface area contributed by atoms with Crippen molar-refractivity contribution in [1.29, 1.82) is 0 Å². The third kappa shape index (κ3) is 4.23. The number of carbonyl (C=O) groups excluding carboxylic acids is 2. The molecule has 5 rings (SSSR count). The van der Waals surface area contributed by atoms with E-state index in [2.05, 4.69) is 20.8 Å². The van der Waals surface area contributed by atoms with Gasteiger partial charge in [-0.15, -0.1) is 0 Å². The molecule has 1 heterocycles. The van der Waals surface area contributed by atoms with Gasteiger partial charge in [-0.05, 0) is 53.5 Å². The SMILES string of the molecule is Cc1ccc(C)c(/C(O)=C2\C(=O)C(=O)N(c3cccc4ccccc34)C2c2ccc(C(C)(C)C)cc2)c1. The van der Waals surface area contributed by atoms with Crippen molar-refractivity contribution < 1.29 is 14.7 Å². The number of carbonyl (C=O) groups is 2. The quantitative estimate of drug-likeness (QED) is 0.186. The standard InChI is InChI=1S/C33H31NO3/c1-20-13-14-21(2)26(19-20)30(35)28-29(23-15-17-24(18-16-23)33(3,4)5)34(32(37)31(28)36)27-12-8-10-22-9-6-7-11-25(22)27/h6-19,29,35H,1-5H3/b30-28+. The second-order valence-electron chi connectivity index (χ2n) is 10.9. The largest absolute Gasteiger partial charge is 0.507 e. The van der Waals surface area contributed by atoms with Gasteiger partial charge in [-0.1, -0.05) is 99.1 Å². The first-order chi connectivity index (χ1) is 17.6. The molecule has 0 saturated carbocycles. The molecular weight excluding hydrogens is 458 g/mol. The number of ketones is 1. The maximum atomic E-state index is 13.7. The molecule has 4 nitrogen and oxygen atoms in total. The molecule has 4 aromatic carbocycles. The van der Waals surface area contributed by atoms with Crippen molar-refractivity contribution in [2.24, 2.45) is 0 Å². The zero-order valence-corrected chi connectivity index (χ0v) is 21.9. The molecule has 37 heavy (non-hydrogen) atoms. The Hall–Kier alpha value is -4.18. The van der Waals surface area contributed by atoms with Crippen LogP contribution in [0.3, 0.4) is 0 Å². The second kappa shape index (κ2) is 9.04. The highest BCUT2D eigenvalue weighted by atomic mass is 16.3. The lowest BCUT2D eigenvalue weighted by atomic mass is 9.85. The van der Waals surface area contributed by atoms with E-state index in [1.54, 1.807) is 4.90 Å². The summed E-state index contributed by atoms with van der Waals surface area (Å²) in [6.07, 6.45) is 0. The summed E-state index contributed by atoms with van der Waals surface area (Å²) < 4.78 is 0. The molecule has 0 bridgehead atoms. The third-order valence-electron chi connectivity index (χ3n) is 7.21. The van der Waals surface area contributed by atoms with Crippen LogP contribution in [0, 0.1) is 13.8 Å². The van der Waals surface area contributed by atoms with E-state index in [0.29, 0.717) is 11.3 Å². The minimum absolute atomic E-state index is 0.0470. The van der Waals surface area contributed by atoms with E-state index in [1.807, 2.05) is 98.8 Å². The molecule has 0 aromatic heterocycles. The Morgan fingerprint density at radius 1 is 0.838 bits per heavy atom. The van der Waals surface area contributed by atoms with E-state index >= 15 is 0 Å². The van der Waals surface area contributed by atoms with Gasteiger partial charge in [0.25, 0.3) is 11.7 Å². The van der Waals surface area contributed by atoms with Crippen LogP contribution in [0.25, 0.3) is 16.5 Å². The molecule has 4 aromatic rings. The molecule has 1 fully saturated rings. The van der Waals surface area contributed by atoms with Crippen LogP contribution in [0.5, 0.6) is 0 Å². The number of aliphatic hydroxyl groups excluding tert-OH is 1. The highest BCUT2D eigenvalue weighted by Crippen LogP contribution is 2.44. The average Bonchev–Trinajstić information content (AvgIpc) is 3.14. The summed E-state index contributed by atoms with van der Waals surface area (Å²) in [5.41, 5.74) is 4.98. The molecule has 4 heteroatoms. The number of aliphatic hydroxyl groups is 1. The van der Waals surface area contributed by atoms with Gasteiger partial charge in [0.1, 0.15) is 5.76 Å². The first-order valence-electron chi connectivity index (χ1n) is 12.5. The van der Waals surface area contributed by atoms with Crippen LogP contribution in [0.1, 0.15) is 54.6 Å². The fourth-order valence-electron chi connectivity index (χ4n) is 5.12. The van der Waals surface area contributed by atoms with E-state index in [-0.39, 0.29) is 16.7 Å². The van der Waals surface area contributed by atoms with E-state index in [0.717, 1.165) is 33.0 Å². The summed E-state index contributed by atoms with van der Waals surface area (Å²) in [5.74, 6) is -1.48. The molecule has 0 spiro atoms. The molecule has 186 valence electrons. The second-order valence-corrected chi connectivity index (χ2v) is 10.9. The van der Waals surface area contributed by atoms with Crippen molar-refractivity contribution in [2.75, 3.05) is 4.90 Å². The number of nitrogens with zero attached hydrogens (tertiary/aromatic N) is 1. The smallest absolute Gasteiger partial charge is 0.300 e. The lowest BCUT2D eigenvalue weighted by molar-refractivity contribution is -0.132. The highest BCUT2D eigenvalue weighted by Gasteiger charge is 2.47. The number of Topliss-reactive ketones (excluding diaryl/α,β-unsaturated/α-hetero) is 1. The Morgan fingerprint density at radius 3 is 2.22 bits per heavy atom. The number of anilines is 1. The summed E-state index contributed by atoms with van der Waals surface area (Å²) in [6, 6.07) is 26.5. The van der Waals surface area contributed by atoms with Crippen molar-refractivity contribution in [1.82, 2.24) is 0 Å². The number of hydrogen-bond donors (Lipinski definition) is 1. The van der Waals surface area contributed by atoms with Crippen LogP contribution in [-0.4, -0.2) is 16.8 Å². The maximum absolute atomic E-state index is 13.7. The number of benzene rings is 4. The minimum Gasteiger partial charge on any atom is -0.507 e.